The van der Waals surface area contributed by atoms with Crippen molar-refractivity contribution < 1.29 is 9.53 Å². The van der Waals surface area contributed by atoms with E-state index < -0.39 is 5.91 Å². The zero-order valence-corrected chi connectivity index (χ0v) is 16.2. The van der Waals surface area contributed by atoms with Crippen LogP contribution < -0.4 is 15.4 Å². The molecule has 0 fully saturated rings. The van der Waals surface area contributed by atoms with Crippen molar-refractivity contribution in [3.63, 3.8) is 0 Å². The van der Waals surface area contributed by atoms with Gasteiger partial charge in [-0.3, -0.25) is 4.79 Å². The Bertz CT molecular complexity index is 839. The summed E-state index contributed by atoms with van der Waals surface area (Å²) >= 11 is 0. The summed E-state index contributed by atoms with van der Waals surface area (Å²) in [6.45, 7) is 8.93. The molecule has 0 radical (unpaired) electrons. The van der Waals surface area contributed by atoms with Crippen LogP contribution in [-0.4, -0.2) is 12.5 Å². The number of ether oxygens (including phenoxy) is 1. The highest BCUT2D eigenvalue weighted by Crippen LogP contribution is 2.23. The molecule has 140 valence electrons. The van der Waals surface area contributed by atoms with Crippen LogP contribution in [0, 0.1) is 11.3 Å². The molecule has 2 aromatic carbocycles. The number of nitrogens with zero attached hydrogens (tertiary/aromatic N) is 1. The average molecular weight is 363 g/mol. The first-order valence-corrected chi connectivity index (χ1v) is 8.85. The van der Waals surface area contributed by atoms with Gasteiger partial charge in [-0.15, -0.1) is 0 Å². The highest BCUT2D eigenvalue weighted by atomic mass is 16.5. The standard InChI is InChI=1S/C22H25N3O2/c1-5-27-20-12-10-19(11-13-20)25-21(26)16(14-23)15-24-18-8-6-17(7-9-18)22(2,3)4/h6-13,15,24H,5H2,1-4H3,(H,25,26)/b16-15-. The third-order valence-electron chi connectivity index (χ3n) is 3.92. The average Bonchev–Trinajstić information content (AvgIpc) is 2.64. The minimum absolute atomic E-state index is 0.0104. The summed E-state index contributed by atoms with van der Waals surface area (Å²) in [5.74, 6) is 0.257. The molecule has 0 aromatic heterocycles. The molecule has 2 N–H and O–H groups in total. The smallest absolute Gasteiger partial charge is 0.267 e. The number of nitriles is 1. The minimum Gasteiger partial charge on any atom is -0.494 e. The topological polar surface area (TPSA) is 74.1 Å². The molecular weight excluding hydrogens is 338 g/mol. The zero-order chi connectivity index (χ0) is 19.9. The molecule has 5 nitrogen and oxygen atoms in total. The quantitative estimate of drug-likeness (QED) is 0.569. The van der Waals surface area contributed by atoms with Crippen molar-refractivity contribution in [1.29, 1.82) is 5.26 Å². The van der Waals surface area contributed by atoms with Gasteiger partial charge in [-0.25, -0.2) is 0 Å². The lowest BCUT2D eigenvalue weighted by Crippen LogP contribution is -2.14. The van der Waals surface area contributed by atoms with Crippen molar-refractivity contribution in [3.05, 3.63) is 65.9 Å². The van der Waals surface area contributed by atoms with Crippen LogP contribution in [0.15, 0.2) is 60.3 Å². The predicted octanol–water partition coefficient (Wildman–Crippen LogP) is 4.84. The number of anilines is 2. The van der Waals surface area contributed by atoms with Crippen molar-refractivity contribution in [3.8, 4) is 11.8 Å². The van der Waals surface area contributed by atoms with E-state index in [1.165, 1.54) is 11.8 Å². The van der Waals surface area contributed by atoms with Crippen LogP contribution in [0.3, 0.4) is 0 Å². The summed E-state index contributed by atoms with van der Waals surface area (Å²) in [6.07, 6.45) is 1.41. The molecular formula is C22H25N3O2. The molecule has 0 saturated carbocycles. The molecule has 27 heavy (non-hydrogen) atoms. The molecule has 2 rings (SSSR count). The fraction of sp³-hybridized carbons (Fsp3) is 0.273. The van der Waals surface area contributed by atoms with Crippen LogP contribution in [0.5, 0.6) is 5.75 Å². The van der Waals surface area contributed by atoms with E-state index in [1.807, 2.05) is 37.3 Å². The maximum absolute atomic E-state index is 12.3. The van der Waals surface area contributed by atoms with Crippen LogP contribution in [0.1, 0.15) is 33.3 Å². The van der Waals surface area contributed by atoms with E-state index in [0.29, 0.717) is 12.3 Å². The maximum Gasteiger partial charge on any atom is 0.267 e. The zero-order valence-electron chi connectivity index (χ0n) is 16.2. The number of carbonyl (C=O) groups is 1. The number of hydrogen-bond acceptors (Lipinski definition) is 4. The minimum atomic E-state index is -0.472. The van der Waals surface area contributed by atoms with Crippen molar-refractivity contribution in [2.45, 2.75) is 33.1 Å². The first-order valence-electron chi connectivity index (χ1n) is 8.85. The van der Waals surface area contributed by atoms with Gasteiger partial charge in [0.2, 0.25) is 0 Å². The molecule has 0 aliphatic carbocycles. The van der Waals surface area contributed by atoms with Gasteiger partial charge in [0.25, 0.3) is 5.91 Å². The second-order valence-electron chi connectivity index (χ2n) is 7.05. The van der Waals surface area contributed by atoms with E-state index in [9.17, 15) is 10.1 Å². The number of carbonyl (C=O) groups excluding carboxylic acids is 1. The second kappa shape index (κ2) is 8.91. The monoisotopic (exact) mass is 363 g/mol. The van der Waals surface area contributed by atoms with E-state index in [4.69, 9.17) is 4.74 Å². The SMILES string of the molecule is CCOc1ccc(NC(=O)/C(C#N)=C\Nc2ccc(C(C)(C)C)cc2)cc1. The van der Waals surface area contributed by atoms with Gasteiger partial charge < -0.3 is 15.4 Å². The molecule has 0 unspecified atom stereocenters. The Labute approximate surface area is 160 Å². The highest BCUT2D eigenvalue weighted by Gasteiger charge is 2.13. The lowest BCUT2D eigenvalue weighted by molar-refractivity contribution is -0.112. The van der Waals surface area contributed by atoms with Crippen molar-refractivity contribution >= 4 is 17.3 Å². The van der Waals surface area contributed by atoms with Gasteiger partial charge in [0.05, 0.1) is 6.61 Å². The molecule has 0 bridgehead atoms. The van der Waals surface area contributed by atoms with Crippen LogP contribution in [0.4, 0.5) is 11.4 Å². The Morgan fingerprint density at radius 3 is 2.19 bits per heavy atom. The fourth-order valence-electron chi connectivity index (χ4n) is 2.37. The summed E-state index contributed by atoms with van der Waals surface area (Å²) in [4.78, 5) is 12.3. The normalized spacial score (nSPS) is 11.4. The van der Waals surface area contributed by atoms with Crippen LogP contribution in [0.2, 0.25) is 0 Å². The molecule has 0 atom stereocenters. The van der Waals surface area contributed by atoms with Gasteiger partial charge >= 0.3 is 0 Å². The fourth-order valence-corrected chi connectivity index (χ4v) is 2.37. The Hall–Kier alpha value is -3.26. The lowest BCUT2D eigenvalue weighted by Gasteiger charge is -2.19. The van der Waals surface area contributed by atoms with Gasteiger partial charge in [0.15, 0.2) is 0 Å². The van der Waals surface area contributed by atoms with Crippen LogP contribution in [0.25, 0.3) is 0 Å². The van der Waals surface area contributed by atoms with E-state index in [1.54, 1.807) is 24.3 Å². The van der Waals surface area contributed by atoms with Crippen LogP contribution in [-0.2, 0) is 10.2 Å². The molecule has 0 heterocycles. The van der Waals surface area contributed by atoms with Crippen molar-refractivity contribution in [1.82, 2.24) is 0 Å². The van der Waals surface area contributed by atoms with Gasteiger partial charge in [0, 0.05) is 17.6 Å². The Morgan fingerprint density at radius 2 is 1.67 bits per heavy atom. The highest BCUT2D eigenvalue weighted by molar-refractivity contribution is 6.06. The number of hydrogen-bond donors (Lipinski definition) is 2. The number of benzene rings is 2. The number of nitrogens with one attached hydrogen (secondary N) is 2. The molecule has 0 aliphatic heterocycles. The van der Waals surface area contributed by atoms with E-state index >= 15 is 0 Å². The maximum atomic E-state index is 12.3. The first-order chi connectivity index (χ1) is 12.8. The third-order valence-corrected chi connectivity index (χ3v) is 3.92. The predicted molar refractivity (Wildman–Crippen MR) is 109 cm³/mol. The molecule has 2 aromatic rings. The second-order valence-corrected chi connectivity index (χ2v) is 7.05. The number of amides is 1. The van der Waals surface area contributed by atoms with Gasteiger partial charge in [-0.1, -0.05) is 32.9 Å². The van der Waals surface area contributed by atoms with Crippen LogP contribution >= 0.6 is 0 Å². The third kappa shape index (κ3) is 5.89. The van der Waals surface area contributed by atoms with Gasteiger partial charge in [-0.05, 0) is 54.3 Å². The molecule has 0 aliphatic rings. The summed E-state index contributed by atoms with van der Waals surface area (Å²) in [5, 5.41) is 15.0. The van der Waals surface area contributed by atoms with Gasteiger partial charge in [-0.2, -0.15) is 5.26 Å². The summed E-state index contributed by atoms with van der Waals surface area (Å²) in [5.41, 5.74) is 2.68. The lowest BCUT2D eigenvalue weighted by atomic mass is 9.87. The Kier molecular flexibility index (Phi) is 6.62. The summed E-state index contributed by atoms with van der Waals surface area (Å²) in [6, 6.07) is 16.8. The van der Waals surface area contributed by atoms with E-state index in [-0.39, 0.29) is 11.0 Å². The summed E-state index contributed by atoms with van der Waals surface area (Å²) in [7, 11) is 0. The van der Waals surface area contributed by atoms with Crippen molar-refractivity contribution in [2.24, 2.45) is 0 Å². The molecule has 0 saturated heterocycles. The van der Waals surface area contributed by atoms with Crippen molar-refractivity contribution in [2.75, 3.05) is 17.2 Å². The molecule has 5 heteroatoms. The van der Waals surface area contributed by atoms with Gasteiger partial charge in [0.1, 0.15) is 17.4 Å². The Morgan fingerprint density at radius 1 is 1.07 bits per heavy atom. The largest absolute Gasteiger partial charge is 0.494 e. The summed E-state index contributed by atoms with van der Waals surface area (Å²) < 4.78 is 5.36. The molecule has 1 amide bonds. The van der Waals surface area contributed by atoms with E-state index in [2.05, 4.69) is 31.4 Å². The molecule has 0 spiro atoms. The number of rotatable bonds is 6. The first kappa shape index (κ1) is 20.1. The Balaban J connectivity index is 2.02. The van der Waals surface area contributed by atoms with E-state index in [0.717, 1.165) is 11.4 Å².